The van der Waals surface area contributed by atoms with Crippen molar-refractivity contribution in [2.45, 2.75) is 33.2 Å². The molecule has 2 aromatic heterocycles. The van der Waals surface area contributed by atoms with Gasteiger partial charge in [0.05, 0.1) is 19.9 Å². The first-order valence-electron chi connectivity index (χ1n) is 9.32. The Hall–Kier alpha value is -3.09. The smallest absolute Gasteiger partial charge is 0.228 e. The fraction of sp³-hybridized carbons (Fsp3) is 0.381. The van der Waals surface area contributed by atoms with Crippen LogP contribution >= 0.6 is 0 Å². The highest BCUT2D eigenvalue weighted by atomic mass is 16.5. The number of ether oxygens (including phenoxy) is 1. The summed E-state index contributed by atoms with van der Waals surface area (Å²) in [5.41, 5.74) is 0.846. The Kier molecular flexibility index (Phi) is 6.47. The topological polar surface area (TPSA) is 81.6 Å². The van der Waals surface area contributed by atoms with Crippen molar-refractivity contribution in [1.29, 1.82) is 0 Å². The van der Waals surface area contributed by atoms with Gasteiger partial charge < -0.3 is 18.6 Å². The van der Waals surface area contributed by atoms with Crippen molar-refractivity contribution >= 4 is 5.91 Å². The summed E-state index contributed by atoms with van der Waals surface area (Å²) in [4.78, 5) is 18.8. The molecule has 0 saturated heterocycles. The van der Waals surface area contributed by atoms with E-state index in [1.54, 1.807) is 18.3 Å². The first-order valence-corrected chi connectivity index (χ1v) is 9.32. The van der Waals surface area contributed by atoms with Crippen LogP contribution in [0.1, 0.15) is 31.9 Å². The minimum atomic E-state index is 0.0845. The first kappa shape index (κ1) is 19.7. The summed E-state index contributed by atoms with van der Waals surface area (Å²) in [6, 6.07) is 11.1. The molecule has 28 heavy (non-hydrogen) atoms. The van der Waals surface area contributed by atoms with Crippen LogP contribution in [0.15, 0.2) is 51.6 Å². The van der Waals surface area contributed by atoms with Crippen LogP contribution in [-0.4, -0.2) is 34.6 Å². The number of carbonyl (C=O) groups excluding carboxylic acids is 1. The summed E-state index contributed by atoms with van der Waals surface area (Å²) >= 11 is 0. The zero-order valence-corrected chi connectivity index (χ0v) is 16.4. The molecule has 0 saturated carbocycles. The Morgan fingerprint density at radius 1 is 1.21 bits per heavy atom. The van der Waals surface area contributed by atoms with E-state index in [1.165, 1.54) is 0 Å². The second-order valence-corrected chi connectivity index (χ2v) is 6.98. The van der Waals surface area contributed by atoms with Gasteiger partial charge in [-0.1, -0.05) is 19.0 Å². The van der Waals surface area contributed by atoms with Crippen molar-refractivity contribution in [3.63, 3.8) is 0 Å². The van der Waals surface area contributed by atoms with E-state index in [1.807, 2.05) is 50.2 Å². The zero-order chi connectivity index (χ0) is 19.9. The number of carbonyl (C=O) groups is 1. The maximum absolute atomic E-state index is 12.6. The highest BCUT2D eigenvalue weighted by Gasteiger charge is 2.18. The Morgan fingerprint density at radius 3 is 2.64 bits per heavy atom. The summed E-state index contributed by atoms with van der Waals surface area (Å²) < 4.78 is 15.9. The molecule has 7 heteroatoms. The van der Waals surface area contributed by atoms with Crippen LogP contribution in [0.2, 0.25) is 0 Å². The van der Waals surface area contributed by atoms with E-state index in [2.05, 4.69) is 10.1 Å². The minimum absolute atomic E-state index is 0.0845. The molecule has 2 heterocycles. The normalized spacial score (nSPS) is 11.0. The molecule has 0 unspecified atom stereocenters. The lowest BCUT2D eigenvalue weighted by Crippen LogP contribution is -2.33. The van der Waals surface area contributed by atoms with Crippen LogP contribution in [0.4, 0.5) is 0 Å². The Bertz CT molecular complexity index is 869. The Labute approximate surface area is 164 Å². The third kappa shape index (κ3) is 5.22. The second-order valence-electron chi connectivity index (χ2n) is 6.98. The van der Waals surface area contributed by atoms with Gasteiger partial charge in [0.1, 0.15) is 11.5 Å². The number of methoxy groups -OCH3 is 1. The van der Waals surface area contributed by atoms with E-state index in [0.717, 1.165) is 17.1 Å². The molecule has 0 aliphatic rings. The van der Waals surface area contributed by atoms with Gasteiger partial charge in [-0.15, -0.1) is 0 Å². The van der Waals surface area contributed by atoms with Gasteiger partial charge in [0.15, 0.2) is 0 Å². The molecule has 7 nitrogen and oxygen atoms in total. The van der Waals surface area contributed by atoms with Crippen molar-refractivity contribution < 1.29 is 18.5 Å². The molecule has 1 aromatic carbocycles. The predicted molar refractivity (Wildman–Crippen MR) is 104 cm³/mol. The molecule has 0 N–H and O–H groups in total. The fourth-order valence-electron chi connectivity index (χ4n) is 2.81. The van der Waals surface area contributed by atoms with Crippen LogP contribution in [0.25, 0.3) is 11.4 Å². The van der Waals surface area contributed by atoms with E-state index in [4.69, 9.17) is 13.7 Å². The lowest BCUT2D eigenvalue weighted by molar-refractivity contribution is -0.132. The van der Waals surface area contributed by atoms with E-state index < -0.39 is 0 Å². The van der Waals surface area contributed by atoms with E-state index in [9.17, 15) is 4.79 Å². The number of amides is 1. The molecule has 0 spiro atoms. The lowest BCUT2D eigenvalue weighted by atomic mass is 10.1. The molecular formula is C21H25N3O4. The molecule has 0 bridgehead atoms. The van der Waals surface area contributed by atoms with Crippen molar-refractivity contribution in [3.8, 4) is 17.1 Å². The van der Waals surface area contributed by atoms with Gasteiger partial charge in [-0.2, -0.15) is 4.98 Å². The molecule has 0 aliphatic carbocycles. The number of hydrogen-bond acceptors (Lipinski definition) is 6. The molecule has 0 fully saturated rings. The van der Waals surface area contributed by atoms with Crippen LogP contribution < -0.4 is 4.74 Å². The van der Waals surface area contributed by atoms with Crippen LogP contribution in [-0.2, 0) is 17.8 Å². The molecule has 3 rings (SSSR count). The number of aromatic nitrogens is 2. The number of hydrogen-bond donors (Lipinski definition) is 0. The first-order chi connectivity index (χ1) is 13.5. The van der Waals surface area contributed by atoms with Gasteiger partial charge >= 0.3 is 0 Å². The quantitative estimate of drug-likeness (QED) is 0.556. The van der Waals surface area contributed by atoms with Crippen LogP contribution in [0.3, 0.4) is 0 Å². The zero-order valence-electron chi connectivity index (χ0n) is 16.4. The molecule has 0 atom stereocenters. The lowest BCUT2D eigenvalue weighted by Gasteiger charge is -2.22. The third-order valence-corrected chi connectivity index (χ3v) is 4.27. The van der Waals surface area contributed by atoms with E-state index >= 15 is 0 Å². The predicted octanol–water partition coefficient (Wildman–Crippen LogP) is 3.96. The number of rotatable bonds is 9. The third-order valence-electron chi connectivity index (χ3n) is 4.27. The van der Waals surface area contributed by atoms with Crippen LogP contribution in [0.5, 0.6) is 5.75 Å². The average Bonchev–Trinajstić information content (AvgIpc) is 3.36. The summed E-state index contributed by atoms with van der Waals surface area (Å²) in [5.74, 6) is 2.90. The van der Waals surface area contributed by atoms with Gasteiger partial charge in [-0.25, -0.2) is 0 Å². The molecule has 148 valence electrons. The number of nitrogens with zero attached hydrogens (tertiary/aromatic N) is 3. The van der Waals surface area contributed by atoms with E-state index in [-0.39, 0.29) is 11.8 Å². The largest absolute Gasteiger partial charge is 0.497 e. The highest BCUT2D eigenvalue weighted by Crippen LogP contribution is 2.20. The van der Waals surface area contributed by atoms with Gasteiger partial charge in [-0.3, -0.25) is 4.79 Å². The van der Waals surface area contributed by atoms with Gasteiger partial charge in [0.25, 0.3) is 0 Å². The van der Waals surface area contributed by atoms with Crippen molar-refractivity contribution in [3.05, 3.63) is 54.3 Å². The van der Waals surface area contributed by atoms with Crippen molar-refractivity contribution in [1.82, 2.24) is 15.0 Å². The summed E-state index contributed by atoms with van der Waals surface area (Å²) in [6.07, 6.45) is 2.58. The number of benzene rings is 1. The maximum atomic E-state index is 12.6. The molecule has 1 amide bonds. The van der Waals surface area contributed by atoms with Crippen molar-refractivity contribution in [2.75, 3.05) is 13.7 Å². The molecule has 0 aliphatic heterocycles. The molecular weight excluding hydrogens is 358 g/mol. The van der Waals surface area contributed by atoms with Gasteiger partial charge in [-0.05, 0) is 42.3 Å². The molecule has 0 radical (unpaired) electrons. The maximum Gasteiger partial charge on any atom is 0.228 e. The standard InChI is InChI=1S/C21H25N3O4/c1-15(2)13-20(25)24(14-18-5-4-12-27-18)11-10-19-22-21(23-28-19)16-6-8-17(26-3)9-7-16/h4-9,12,15H,10-11,13-14H2,1-3H3. The van der Waals surface area contributed by atoms with Crippen molar-refractivity contribution in [2.24, 2.45) is 5.92 Å². The average molecular weight is 383 g/mol. The van der Waals surface area contributed by atoms with E-state index in [0.29, 0.717) is 37.6 Å². The Morgan fingerprint density at radius 2 is 2.00 bits per heavy atom. The highest BCUT2D eigenvalue weighted by molar-refractivity contribution is 5.76. The van der Waals surface area contributed by atoms with Gasteiger partial charge in [0, 0.05) is 24.9 Å². The fourth-order valence-corrected chi connectivity index (χ4v) is 2.81. The summed E-state index contributed by atoms with van der Waals surface area (Å²) in [7, 11) is 1.62. The molecule has 3 aromatic rings. The SMILES string of the molecule is COc1ccc(-c2noc(CCN(Cc3ccco3)C(=O)CC(C)C)n2)cc1. The van der Waals surface area contributed by atoms with Gasteiger partial charge in [0.2, 0.25) is 17.6 Å². The summed E-state index contributed by atoms with van der Waals surface area (Å²) in [5, 5.41) is 4.04. The monoisotopic (exact) mass is 383 g/mol. The van der Waals surface area contributed by atoms with Crippen LogP contribution in [0, 0.1) is 5.92 Å². The summed E-state index contributed by atoms with van der Waals surface area (Å²) in [6.45, 7) is 4.97. The minimum Gasteiger partial charge on any atom is -0.497 e. The Balaban J connectivity index is 1.65. The second kappa shape index (κ2) is 9.21. The number of furan rings is 1.